The maximum Gasteiger partial charge on any atom is 0.326 e. The molecule has 1 fully saturated rings. The molecule has 1 aromatic carbocycles. The molecule has 3 aromatic heterocycles. The Morgan fingerprint density at radius 2 is 2.00 bits per heavy atom. The number of aromatic hydroxyl groups is 1. The quantitative estimate of drug-likeness (QED) is 0.285. The van der Waals surface area contributed by atoms with E-state index in [0.717, 1.165) is 18.4 Å². The van der Waals surface area contributed by atoms with Gasteiger partial charge in [-0.1, -0.05) is 19.1 Å². The highest BCUT2D eigenvalue weighted by atomic mass is 32.2. The fraction of sp³-hybridized carbons (Fsp3) is 0.318. The van der Waals surface area contributed by atoms with Crippen LogP contribution in [0.5, 0.6) is 5.88 Å². The standard InChI is InChI=1S/C22H24N8O4S/c1-3-16(12-4-8-15(9-5-12)35(2,33)34)25-20-27-18-13(10-17-19(31)28-22(32)26-17)11-23-30(18)21(29-20)24-14-6-7-14/h4-5,8-11,14,16,31H,3,6-7H2,1-2H3,(H,24,25,29)(H2,26,28,32)/b13-10-. The molecule has 12 nitrogen and oxygen atoms in total. The van der Waals surface area contributed by atoms with E-state index in [2.05, 4.69) is 35.3 Å². The average molecular weight is 497 g/mol. The normalized spacial score (nSPS) is 16.2. The van der Waals surface area contributed by atoms with E-state index >= 15 is 0 Å². The Kier molecular flexibility index (Phi) is 5.63. The maximum absolute atomic E-state index is 11.8. The number of hydrogen-bond acceptors (Lipinski definition) is 9. The molecule has 0 aliphatic heterocycles. The number of aromatic amines is 2. The number of aromatic nitrogens is 6. The van der Waals surface area contributed by atoms with Gasteiger partial charge in [-0.2, -0.15) is 19.6 Å². The molecule has 1 saturated carbocycles. The van der Waals surface area contributed by atoms with Gasteiger partial charge in [-0.15, -0.1) is 0 Å². The molecule has 3 heterocycles. The maximum atomic E-state index is 11.8. The van der Waals surface area contributed by atoms with Crippen molar-refractivity contribution >= 4 is 27.5 Å². The number of sulfone groups is 1. The molecule has 13 heteroatoms. The van der Waals surface area contributed by atoms with Crippen LogP contribution in [0.25, 0.3) is 11.7 Å². The molecule has 0 saturated heterocycles. The van der Waals surface area contributed by atoms with Gasteiger partial charge in [-0.25, -0.2) is 18.2 Å². The number of anilines is 1. The lowest BCUT2D eigenvalue weighted by Crippen LogP contribution is -2.25. The summed E-state index contributed by atoms with van der Waals surface area (Å²) in [5, 5.41) is 18.2. The van der Waals surface area contributed by atoms with E-state index in [9.17, 15) is 18.3 Å². The van der Waals surface area contributed by atoms with Gasteiger partial charge in [0.05, 0.1) is 23.2 Å². The van der Waals surface area contributed by atoms with Gasteiger partial charge in [0.2, 0.25) is 11.8 Å². The molecule has 0 spiro atoms. The first-order valence-electron chi connectivity index (χ1n) is 11.1. The van der Waals surface area contributed by atoms with Crippen molar-refractivity contribution in [3.05, 3.63) is 63.0 Å². The molecule has 0 bridgehead atoms. The lowest BCUT2D eigenvalue weighted by Gasteiger charge is -2.17. The zero-order chi connectivity index (χ0) is 24.7. The SMILES string of the molecule is CCC(Nc1nc(=NC2CC2)n2nc/c(=C/c3[nH]c(=O)[nH]c3O)c2n1)c1ccc(S(C)(=O)=O)cc1. The zero-order valence-corrected chi connectivity index (χ0v) is 19.9. The number of rotatable bonds is 7. The Balaban J connectivity index is 1.58. The van der Waals surface area contributed by atoms with Crippen molar-refractivity contribution in [2.75, 3.05) is 11.6 Å². The monoisotopic (exact) mass is 496 g/mol. The largest absolute Gasteiger partial charge is 0.493 e. The van der Waals surface area contributed by atoms with Crippen molar-refractivity contribution in [1.82, 2.24) is 29.5 Å². The van der Waals surface area contributed by atoms with Crippen LogP contribution in [0, 0.1) is 0 Å². The summed E-state index contributed by atoms with van der Waals surface area (Å²) in [7, 11) is -3.29. The van der Waals surface area contributed by atoms with Crippen LogP contribution >= 0.6 is 0 Å². The smallest absolute Gasteiger partial charge is 0.326 e. The van der Waals surface area contributed by atoms with Crippen LogP contribution in [0.2, 0.25) is 0 Å². The van der Waals surface area contributed by atoms with Crippen molar-refractivity contribution < 1.29 is 13.5 Å². The molecule has 4 N–H and O–H groups in total. The van der Waals surface area contributed by atoms with Crippen molar-refractivity contribution in [1.29, 1.82) is 0 Å². The molecular weight excluding hydrogens is 472 g/mol. The van der Waals surface area contributed by atoms with E-state index in [4.69, 9.17) is 0 Å². The predicted octanol–water partition coefficient (Wildman–Crippen LogP) is 0.424. The molecule has 35 heavy (non-hydrogen) atoms. The van der Waals surface area contributed by atoms with Gasteiger partial charge in [0.1, 0.15) is 5.69 Å². The Hall–Kier alpha value is -4.00. The van der Waals surface area contributed by atoms with Gasteiger partial charge in [-0.05, 0) is 43.0 Å². The lowest BCUT2D eigenvalue weighted by atomic mass is 10.1. The predicted molar refractivity (Wildman–Crippen MR) is 127 cm³/mol. The summed E-state index contributed by atoms with van der Waals surface area (Å²) < 4.78 is 25.1. The first kappa shape index (κ1) is 22.8. The van der Waals surface area contributed by atoms with Crippen molar-refractivity contribution in [3.63, 3.8) is 0 Å². The summed E-state index contributed by atoms with van der Waals surface area (Å²) in [4.78, 5) is 30.4. The first-order valence-corrected chi connectivity index (χ1v) is 13.0. The van der Waals surface area contributed by atoms with Gasteiger partial charge >= 0.3 is 5.69 Å². The second-order valence-corrected chi connectivity index (χ2v) is 10.5. The van der Waals surface area contributed by atoms with Gasteiger partial charge in [0, 0.05) is 11.5 Å². The first-order chi connectivity index (χ1) is 16.7. The van der Waals surface area contributed by atoms with Crippen LogP contribution in [0.15, 0.2) is 45.1 Å². The van der Waals surface area contributed by atoms with Gasteiger partial charge in [0.15, 0.2) is 15.5 Å². The molecule has 0 radical (unpaired) electrons. The second-order valence-electron chi connectivity index (χ2n) is 8.47. The van der Waals surface area contributed by atoms with Crippen LogP contribution in [-0.4, -0.2) is 55.4 Å². The minimum Gasteiger partial charge on any atom is -0.493 e. The Bertz CT molecular complexity index is 1680. The third kappa shape index (κ3) is 4.80. The summed E-state index contributed by atoms with van der Waals surface area (Å²) in [6, 6.07) is 6.72. The number of hydrogen-bond donors (Lipinski definition) is 4. The van der Waals surface area contributed by atoms with E-state index in [-0.39, 0.29) is 28.6 Å². The summed E-state index contributed by atoms with van der Waals surface area (Å²) in [5.74, 6) is 0.0473. The average Bonchev–Trinajstić information content (AvgIpc) is 3.45. The number of imidazole rings is 1. The third-order valence-corrected chi connectivity index (χ3v) is 6.81. The van der Waals surface area contributed by atoms with Crippen molar-refractivity contribution in [2.24, 2.45) is 4.99 Å². The summed E-state index contributed by atoms with van der Waals surface area (Å²) in [5.41, 5.74) is 1.41. The summed E-state index contributed by atoms with van der Waals surface area (Å²) in [6.45, 7) is 2.00. The van der Waals surface area contributed by atoms with Crippen molar-refractivity contribution in [3.8, 4) is 5.88 Å². The number of fused-ring (bicyclic) bond motifs is 1. The van der Waals surface area contributed by atoms with Crippen LogP contribution in [0.1, 0.15) is 43.5 Å². The lowest BCUT2D eigenvalue weighted by molar-refractivity contribution is 0.454. The number of H-pyrrole nitrogens is 2. The highest BCUT2D eigenvalue weighted by Crippen LogP contribution is 2.23. The molecule has 0 amide bonds. The fourth-order valence-corrected chi connectivity index (χ4v) is 4.30. The van der Waals surface area contributed by atoms with E-state index in [0.29, 0.717) is 28.9 Å². The second kappa shape index (κ2) is 8.65. The topological polar surface area (TPSA) is 170 Å². The third-order valence-electron chi connectivity index (χ3n) is 5.68. The van der Waals surface area contributed by atoms with E-state index in [1.54, 1.807) is 36.5 Å². The van der Waals surface area contributed by atoms with Crippen LogP contribution in [-0.2, 0) is 9.84 Å². The Labute approximate surface area is 199 Å². The molecule has 5 rings (SSSR count). The van der Waals surface area contributed by atoms with E-state index < -0.39 is 15.5 Å². The summed E-state index contributed by atoms with van der Waals surface area (Å²) >= 11 is 0. The molecule has 182 valence electrons. The zero-order valence-electron chi connectivity index (χ0n) is 19.1. The molecule has 1 atom stereocenters. The highest BCUT2D eigenvalue weighted by Gasteiger charge is 2.21. The molecule has 4 aromatic rings. The minimum absolute atomic E-state index is 0.180. The minimum atomic E-state index is -3.29. The van der Waals surface area contributed by atoms with Crippen LogP contribution < -0.4 is 21.8 Å². The van der Waals surface area contributed by atoms with Crippen LogP contribution in [0.4, 0.5) is 5.95 Å². The molecule has 1 aliphatic carbocycles. The van der Waals surface area contributed by atoms with Crippen molar-refractivity contribution in [2.45, 2.75) is 43.2 Å². The number of benzene rings is 1. The molecular formula is C22H24N8O4S. The van der Waals surface area contributed by atoms with Gasteiger partial charge in [0.25, 0.3) is 5.62 Å². The Morgan fingerprint density at radius 1 is 1.26 bits per heavy atom. The fourth-order valence-electron chi connectivity index (χ4n) is 3.67. The molecule has 1 aliphatic rings. The molecule has 1 unspecified atom stereocenters. The van der Waals surface area contributed by atoms with Crippen LogP contribution in [0.3, 0.4) is 0 Å². The highest BCUT2D eigenvalue weighted by molar-refractivity contribution is 7.90. The van der Waals surface area contributed by atoms with E-state index in [1.165, 1.54) is 10.8 Å². The Morgan fingerprint density at radius 3 is 2.60 bits per heavy atom. The summed E-state index contributed by atoms with van der Waals surface area (Å²) in [6.07, 6.45) is 6.96. The van der Waals surface area contributed by atoms with E-state index in [1.807, 2.05) is 6.92 Å². The van der Waals surface area contributed by atoms with Gasteiger partial charge in [-0.3, -0.25) is 4.98 Å². The van der Waals surface area contributed by atoms with Gasteiger partial charge < -0.3 is 15.4 Å². The number of nitrogens with zero attached hydrogens (tertiary/aromatic N) is 5. The number of nitrogens with one attached hydrogen (secondary N) is 3.